The van der Waals surface area contributed by atoms with Crippen LogP contribution in [0.3, 0.4) is 0 Å². The van der Waals surface area contributed by atoms with E-state index in [1.54, 1.807) is 6.07 Å². The number of aromatic carboxylic acids is 1. The van der Waals surface area contributed by atoms with Crippen LogP contribution in [0.2, 0.25) is 0 Å². The van der Waals surface area contributed by atoms with Gasteiger partial charge in [0.1, 0.15) is 0 Å². The van der Waals surface area contributed by atoms with Crippen LogP contribution in [0.4, 0.5) is 0 Å². The maximum absolute atomic E-state index is 11.0. The summed E-state index contributed by atoms with van der Waals surface area (Å²) in [5.74, 6) is -0.856. The second-order valence-corrected chi connectivity index (χ2v) is 4.04. The number of hydrogen-bond donors (Lipinski definition) is 2. The first-order chi connectivity index (χ1) is 7.19. The zero-order chi connectivity index (χ0) is 11.3. The molecular weight excluding hydrogens is 210 g/mol. The lowest BCUT2D eigenvalue weighted by Crippen LogP contribution is -2.04. The third-order valence-corrected chi connectivity index (χ3v) is 2.95. The number of nitrogens with one attached hydrogen (secondary N) is 1. The highest BCUT2D eigenvalue weighted by atomic mass is 32.2. The van der Waals surface area contributed by atoms with E-state index in [1.165, 1.54) is 11.9 Å². The highest BCUT2D eigenvalue weighted by Crippen LogP contribution is 2.19. The molecule has 0 aromatic heterocycles. The van der Waals surface area contributed by atoms with E-state index in [1.807, 2.05) is 26.0 Å². The van der Waals surface area contributed by atoms with Gasteiger partial charge in [0.2, 0.25) is 0 Å². The van der Waals surface area contributed by atoms with Gasteiger partial charge in [-0.15, -0.1) is 0 Å². The number of hydrogen-bond acceptors (Lipinski definition) is 3. The molecular formula is C11H15NO2S. The summed E-state index contributed by atoms with van der Waals surface area (Å²) in [5, 5.41) is 9.02. The van der Waals surface area contributed by atoms with Gasteiger partial charge in [-0.2, -0.15) is 0 Å². The second-order valence-electron chi connectivity index (χ2n) is 3.08. The van der Waals surface area contributed by atoms with Crippen molar-refractivity contribution in [2.45, 2.75) is 25.2 Å². The van der Waals surface area contributed by atoms with Crippen molar-refractivity contribution in [3.8, 4) is 0 Å². The van der Waals surface area contributed by atoms with Crippen LogP contribution in [-0.4, -0.2) is 17.6 Å². The minimum atomic E-state index is -0.856. The summed E-state index contributed by atoms with van der Waals surface area (Å²) in [5.41, 5.74) is 1.28. The third-order valence-electron chi connectivity index (χ3n) is 2.03. The minimum absolute atomic E-state index is 0.403. The highest BCUT2D eigenvalue weighted by Gasteiger charge is 2.09. The van der Waals surface area contributed by atoms with Gasteiger partial charge in [0, 0.05) is 11.4 Å². The van der Waals surface area contributed by atoms with Crippen LogP contribution in [0.25, 0.3) is 0 Å². The fourth-order valence-electron chi connectivity index (χ4n) is 1.28. The van der Waals surface area contributed by atoms with Crippen molar-refractivity contribution in [3.05, 3.63) is 29.3 Å². The first-order valence-corrected chi connectivity index (χ1v) is 5.76. The Hall–Kier alpha value is -1.00. The lowest BCUT2D eigenvalue weighted by Gasteiger charge is -2.06. The molecule has 2 N–H and O–H groups in total. The fraction of sp³-hybridized carbons (Fsp3) is 0.364. The van der Waals surface area contributed by atoms with Crippen LogP contribution in [0.1, 0.15) is 29.8 Å². The van der Waals surface area contributed by atoms with Crippen LogP contribution in [0, 0.1) is 0 Å². The molecule has 0 aliphatic heterocycles. The summed E-state index contributed by atoms with van der Waals surface area (Å²) in [4.78, 5) is 11.9. The zero-order valence-electron chi connectivity index (χ0n) is 8.91. The van der Waals surface area contributed by atoms with E-state index in [4.69, 9.17) is 5.11 Å². The van der Waals surface area contributed by atoms with Crippen molar-refractivity contribution in [2.24, 2.45) is 0 Å². The SMILES string of the molecule is CCNSc1ccc(CC)c(C(=O)O)c1. The van der Waals surface area contributed by atoms with E-state index in [0.29, 0.717) is 5.56 Å². The molecule has 0 radical (unpaired) electrons. The quantitative estimate of drug-likeness (QED) is 0.756. The monoisotopic (exact) mass is 225 g/mol. The third kappa shape index (κ3) is 3.25. The molecule has 0 atom stereocenters. The lowest BCUT2D eigenvalue weighted by atomic mass is 10.1. The maximum atomic E-state index is 11.0. The highest BCUT2D eigenvalue weighted by molar-refractivity contribution is 7.97. The molecule has 0 spiro atoms. The van der Waals surface area contributed by atoms with Crippen molar-refractivity contribution in [2.75, 3.05) is 6.54 Å². The summed E-state index contributed by atoms with van der Waals surface area (Å²) in [6, 6.07) is 5.54. The van der Waals surface area contributed by atoms with Gasteiger partial charge >= 0.3 is 5.97 Å². The Balaban J connectivity index is 2.94. The number of benzene rings is 1. The number of rotatable bonds is 5. The van der Waals surface area contributed by atoms with Crippen molar-refractivity contribution < 1.29 is 9.90 Å². The Kier molecular flexibility index (Phi) is 4.65. The lowest BCUT2D eigenvalue weighted by molar-refractivity contribution is 0.0695. The standard InChI is InChI=1S/C11H15NO2S/c1-3-8-5-6-9(15-12-4-2)7-10(8)11(13)14/h5-7,12H,3-4H2,1-2H3,(H,13,14). The number of carboxylic acid groups (broad SMARTS) is 1. The molecule has 82 valence electrons. The van der Waals surface area contributed by atoms with Crippen molar-refractivity contribution in [1.29, 1.82) is 0 Å². The summed E-state index contributed by atoms with van der Waals surface area (Å²) in [6.45, 7) is 4.81. The van der Waals surface area contributed by atoms with E-state index < -0.39 is 5.97 Å². The summed E-state index contributed by atoms with van der Waals surface area (Å²) >= 11 is 1.46. The molecule has 0 heterocycles. The van der Waals surface area contributed by atoms with Gasteiger partial charge in [-0.3, -0.25) is 4.72 Å². The summed E-state index contributed by atoms with van der Waals surface area (Å²) in [7, 11) is 0. The van der Waals surface area contributed by atoms with Gasteiger partial charge in [0.25, 0.3) is 0 Å². The molecule has 0 unspecified atom stereocenters. The Morgan fingerprint density at radius 1 is 1.47 bits per heavy atom. The van der Waals surface area contributed by atoms with E-state index >= 15 is 0 Å². The summed E-state index contributed by atoms with van der Waals surface area (Å²) in [6.07, 6.45) is 0.744. The van der Waals surface area contributed by atoms with Crippen molar-refractivity contribution >= 4 is 17.9 Å². The van der Waals surface area contributed by atoms with Crippen molar-refractivity contribution in [3.63, 3.8) is 0 Å². The van der Waals surface area contributed by atoms with E-state index in [2.05, 4.69) is 4.72 Å². The molecule has 0 aliphatic rings. The fourth-order valence-corrected chi connectivity index (χ4v) is 1.91. The molecule has 1 aromatic rings. The topological polar surface area (TPSA) is 49.3 Å². The van der Waals surface area contributed by atoms with E-state index in [-0.39, 0.29) is 0 Å². The Morgan fingerprint density at radius 3 is 2.73 bits per heavy atom. The second kappa shape index (κ2) is 5.78. The molecule has 1 rings (SSSR count). The molecule has 0 saturated carbocycles. The number of aryl methyl sites for hydroxylation is 1. The first-order valence-electron chi connectivity index (χ1n) is 4.95. The molecule has 0 aliphatic carbocycles. The predicted octanol–water partition coefficient (Wildman–Crippen LogP) is 2.56. The maximum Gasteiger partial charge on any atom is 0.336 e. The molecule has 0 amide bonds. The molecule has 15 heavy (non-hydrogen) atoms. The smallest absolute Gasteiger partial charge is 0.336 e. The van der Waals surface area contributed by atoms with E-state index in [9.17, 15) is 4.79 Å². The average Bonchev–Trinajstić information content (AvgIpc) is 2.25. The van der Waals surface area contributed by atoms with Crippen LogP contribution < -0.4 is 4.72 Å². The predicted molar refractivity (Wildman–Crippen MR) is 62.3 cm³/mol. The molecule has 1 aromatic carbocycles. The first kappa shape index (κ1) is 12.1. The van der Waals surface area contributed by atoms with Gasteiger partial charge in [0.05, 0.1) is 5.56 Å². The largest absolute Gasteiger partial charge is 0.478 e. The number of carboxylic acids is 1. The van der Waals surface area contributed by atoms with Crippen LogP contribution in [0.5, 0.6) is 0 Å². The molecule has 0 fully saturated rings. The Morgan fingerprint density at radius 2 is 2.20 bits per heavy atom. The Labute approximate surface area is 94.0 Å². The van der Waals surface area contributed by atoms with Crippen molar-refractivity contribution in [1.82, 2.24) is 4.72 Å². The molecule has 3 nitrogen and oxygen atoms in total. The van der Waals surface area contributed by atoms with Gasteiger partial charge in [-0.25, -0.2) is 4.79 Å². The van der Waals surface area contributed by atoms with Crippen LogP contribution in [-0.2, 0) is 6.42 Å². The van der Waals surface area contributed by atoms with Gasteiger partial charge < -0.3 is 5.11 Å². The minimum Gasteiger partial charge on any atom is -0.478 e. The van der Waals surface area contributed by atoms with Gasteiger partial charge in [-0.1, -0.05) is 19.9 Å². The molecule has 0 saturated heterocycles. The number of carbonyl (C=O) groups is 1. The van der Waals surface area contributed by atoms with Gasteiger partial charge in [-0.05, 0) is 36.1 Å². The average molecular weight is 225 g/mol. The normalized spacial score (nSPS) is 10.3. The van der Waals surface area contributed by atoms with E-state index in [0.717, 1.165) is 23.4 Å². The summed E-state index contributed by atoms with van der Waals surface area (Å²) < 4.78 is 3.09. The zero-order valence-corrected chi connectivity index (χ0v) is 9.73. The van der Waals surface area contributed by atoms with Gasteiger partial charge in [0.15, 0.2) is 0 Å². The van der Waals surface area contributed by atoms with Crippen LogP contribution >= 0.6 is 11.9 Å². The Bertz CT molecular complexity index is 352. The molecule has 0 bridgehead atoms. The molecule has 4 heteroatoms. The van der Waals surface area contributed by atoms with Crippen LogP contribution in [0.15, 0.2) is 23.1 Å².